The minimum atomic E-state index is -5.16. The number of aliphatic carboxylic acids is 1. The van der Waals surface area contributed by atoms with E-state index in [0.717, 1.165) is 25.0 Å². The highest BCUT2D eigenvalue weighted by Crippen LogP contribution is 2.56. The van der Waals surface area contributed by atoms with Crippen LogP contribution >= 0.6 is 0 Å². The second kappa shape index (κ2) is 14.5. The number of nitrogens with one attached hydrogen (secondary N) is 1. The number of carbonyl (C=O) groups excluding carboxylic acids is 1. The predicted molar refractivity (Wildman–Crippen MR) is 202 cm³/mol. The van der Waals surface area contributed by atoms with E-state index in [9.17, 15) is 41.0 Å². The highest BCUT2D eigenvalue weighted by molar-refractivity contribution is 6.01. The average molecular weight is 820 g/mol. The number of hydrogen-bond acceptors (Lipinski definition) is 8. The highest BCUT2D eigenvalue weighted by atomic mass is 19.4. The molecule has 1 aromatic carbocycles. The van der Waals surface area contributed by atoms with Crippen molar-refractivity contribution in [3.63, 3.8) is 0 Å². The fourth-order valence-electron chi connectivity index (χ4n) is 10.3. The van der Waals surface area contributed by atoms with Crippen LogP contribution in [0.4, 0.5) is 32.3 Å². The summed E-state index contributed by atoms with van der Waals surface area (Å²) in [5.74, 6) is -1.72. The van der Waals surface area contributed by atoms with Crippen LogP contribution < -0.4 is 15.0 Å². The Balaban J connectivity index is 1.08. The Morgan fingerprint density at radius 2 is 1.59 bits per heavy atom. The van der Waals surface area contributed by atoms with Gasteiger partial charge in [0.05, 0.1) is 28.0 Å². The standard InChI is InChI=1S/C42H39F6N7O4/c43-41(44,45)32-21-49-13-8-34(32)55-22-31(29-5-4-28(20-35(29)55)59-27-9-14-54(15-10-27)39-50-11-1-12-51-39)33-7-6-30(36(52-33)42(46,47)48)37(56)53-40(38(57)58)25-3-2-23-16-24(18-25)19-26(40)17-23/h1,4-8,11-13,20-27H,2-3,9-10,14-19H2,(H,53,56)(H,57,58). The molecule has 1 saturated heterocycles. The predicted octanol–water partition coefficient (Wildman–Crippen LogP) is 8.36. The second-order valence-corrected chi connectivity index (χ2v) is 16.2. The van der Waals surface area contributed by atoms with Gasteiger partial charge in [-0.1, -0.05) is 6.42 Å². The number of ether oxygens (including phenoxy) is 1. The molecule has 17 heteroatoms. The molecule has 5 fully saturated rings. The van der Waals surface area contributed by atoms with Gasteiger partial charge in [-0.2, -0.15) is 26.3 Å². The van der Waals surface area contributed by atoms with Crippen molar-refractivity contribution in [3.05, 3.63) is 90.3 Å². The Bertz CT molecular complexity index is 2410. The number of anilines is 1. The molecule has 4 bridgehead atoms. The number of fused-ring (bicyclic) bond motifs is 2. The van der Waals surface area contributed by atoms with E-state index in [1.165, 1.54) is 29.1 Å². The fraction of sp³-hybridized carbons (Fsp3) is 0.429. The first-order valence-corrected chi connectivity index (χ1v) is 19.7. The molecule has 0 radical (unpaired) electrons. The Labute approximate surface area is 333 Å². The molecule has 0 spiro atoms. The fourth-order valence-corrected chi connectivity index (χ4v) is 10.3. The first-order valence-electron chi connectivity index (χ1n) is 19.7. The molecule has 2 N–H and O–H groups in total. The van der Waals surface area contributed by atoms with Gasteiger partial charge in [0.2, 0.25) is 5.95 Å². The van der Waals surface area contributed by atoms with Gasteiger partial charge in [-0.15, -0.1) is 0 Å². The van der Waals surface area contributed by atoms with Gasteiger partial charge in [-0.05, 0) is 92.2 Å². The van der Waals surface area contributed by atoms with Crippen molar-refractivity contribution < 1.29 is 45.8 Å². The number of pyridine rings is 2. The third-order valence-corrected chi connectivity index (χ3v) is 12.8. The second-order valence-electron chi connectivity index (χ2n) is 16.2. The van der Waals surface area contributed by atoms with Gasteiger partial charge in [-0.25, -0.2) is 19.7 Å². The number of alkyl halides is 6. The summed E-state index contributed by atoms with van der Waals surface area (Å²) in [6.45, 7) is 1.20. The molecule has 308 valence electrons. The molecule has 10 rings (SSSR count). The molecule has 1 amide bonds. The minimum absolute atomic E-state index is 0.0599. The number of carboxylic acids is 1. The molecular weight excluding hydrogens is 780 g/mol. The van der Waals surface area contributed by atoms with E-state index < -0.39 is 58.4 Å². The van der Waals surface area contributed by atoms with Gasteiger partial charge in [0, 0.05) is 73.9 Å². The number of hydrogen-bond donors (Lipinski definition) is 2. The highest BCUT2D eigenvalue weighted by Gasteiger charge is 2.60. The molecule has 5 heterocycles. The molecule has 5 aromatic rings. The van der Waals surface area contributed by atoms with Gasteiger partial charge >= 0.3 is 18.3 Å². The third-order valence-electron chi connectivity index (χ3n) is 12.8. The SMILES string of the molecule is O=C(NC1(C(=O)O)C2CCC3CC(C2)CC1C3)c1ccc(-c2cn(-c3ccncc3C(F)(F)F)c3cc(OC4CCN(c5ncccn5)CC4)ccc23)nc1C(F)(F)F. The summed E-state index contributed by atoms with van der Waals surface area (Å²) >= 11 is 0. The van der Waals surface area contributed by atoms with Crippen LogP contribution in [0.5, 0.6) is 5.75 Å². The van der Waals surface area contributed by atoms with Crippen LogP contribution in [0.15, 0.2) is 73.4 Å². The van der Waals surface area contributed by atoms with Crippen molar-refractivity contribution in [3.8, 4) is 22.7 Å². The van der Waals surface area contributed by atoms with E-state index in [2.05, 4.69) is 25.3 Å². The lowest BCUT2D eigenvalue weighted by Gasteiger charge is -2.50. The van der Waals surface area contributed by atoms with Gasteiger partial charge in [0.25, 0.3) is 5.91 Å². The lowest BCUT2D eigenvalue weighted by Crippen LogP contribution is -2.66. The van der Waals surface area contributed by atoms with Crippen molar-refractivity contribution in [1.82, 2.24) is 29.8 Å². The first-order chi connectivity index (χ1) is 28.2. The number of aromatic nitrogens is 5. The maximum Gasteiger partial charge on any atom is 0.434 e. The van der Waals surface area contributed by atoms with Crippen molar-refractivity contribution in [1.29, 1.82) is 0 Å². The number of carboxylic acid groups (broad SMARTS) is 1. The van der Waals surface area contributed by atoms with E-state index in [-0.39, 0.29) is 34.0 Å². The molecular formula is C42H39F6N7O4. The van der Waals surface area contributed by atoms with Crippen molar-refractivity contribution >= 4 is 28.7 Å². The normalized spacial score (nSPS) is 24.6. The van der Waals surface area contributed by atoms with Crippen LogP contribution in [0.1, 0.15) is 73.0 Å². The van der Waals surface area contributed by atoms with Crippen LogP contribution in [0, 0.1) is 23.7 Å². The zero-order chi connectivity index (χ0) is 41.3. The van der Waals surface area contributed by atoms with Crippen molar-refractivity contribution in [2.75, 3.05) is 18.0 Å². The molecule has 5 unspecified atom stereocenters. The summed E-state index contributed by atoms with van der Waals surface area (Å²) < 4.78 is 95.5. The van der Waals surface area contributed by atoms with Gasteiger partial charge in [0.1, 0.15) is 17.4 Å². The number of rotatable bonds is 8. The Kier molecular flexibility index (Phi) is 9.54. The van der Waals surface area contributed by atoms with E-state index in [0.29, 0.717) is 81.3 Å². The topological polar surface area (TPSA) is 135 Å². The largest absolute Gasteiger partial charge is 0.490 e. The molecule has 4 aromatic heterocycles. The van der Waals surface area contributed by atoms with Crippen LogP contribution in [0.2, 0.25) is 0 Å². The summed E-state index contributed by atoms with van der Waals surface area (Å²) in [5.41, 5.74) is -5.50. The summed E-state index contributed by atoms with van der Waals surface area (Å²) in [4.78, 5) is 45.2. The van der Waals surface area contributed by atoms with Crippen LogP contribution in [-0.4, -0.2) is 66.2 Å². The summed E-state index contributed by atoms with van der Waals surface area (Å²) in [6, 6.07) is 9.74. The molecule has 4 aliphatic carbocycles. The van der Waals surface area contributed by atoms with E-state index in [4.69, 9.17) is 4.74 Å². The van der Waals surface area contributed by atoms with Gasteiger partial charge < -0.3 is 24.6 Å². The number of carbonyl (C=O) groups is 2. The summed E-state index contributed by atoms with van der Waals surface area (Å²) in [5, 5.41) is 13.5. The maximum atomic E-state index is 14.9. The quantitative estimate of drug-likeness (QED) is 0.148. The van der Waals surface area contributed by atoms with Crippen molar-refractivity contribution in [2.24, 2.45) is 23.7 Å². The van der Waals surface area contributed by atoms with E-state index in [1.54, 1.807) is 30.6 Å². The zero-order valence-electron chi connectivity index (χ0n) is 31.5. The van der Waals surface area contributed by atoms with Crippen LogP contribution in [0.3, 0.4) is 0 Å². The summed E-state index contributed by atoms with van der Waals surface area (Å²) in [7, 11) is 0. The first kappa shape index (κ1) is 38.8. The van der Waals surface area contributed by atoms with Crippen molar-refractivity contribution in [2.45, 2.75) is 75.4 Å². The molecule has 5 aliphatic rings. The third kappa shape index (κ3) is 7.01. The monoisotopic (exact) mass is 819 g/mol. The maximum absolute atomic E-state index is 14.9. The summed E-state index contributed by atoms with van der Waals surface area (Å²) in [6.07, 6.45) is 1.51. The number of amides is 1. The lowest BCUT2D eigenvalue weighted by atomic mass is 9.58. The number of halogens is 6. The lowest BCUT2D eigenvalue weighted by molar-refractivity contribution is -0.154. The number of piperidine rings is 1. The average Bonchev–Trinajstić information content (AvgIpc) is 3.47. The molecule has 5 atom stereocenters. The van der Waals surface area contributed by atoms with Crippen LogP contribution in [-0.2, 0) is 17.1 Å². The van der Waals surface area contributed by atoms with Crippen LogP contribution in [0.25, 0.3) is 27.8 Å². The number of nitrogens with zero attached hydrogens (tertiary/aromatic N) is 6. The van der Waals surface area contributed by atoms with E-state index >= 15 is 0 Å². The number of benzene rings is 1. The molecule has 1 aliphatic heterocycles. The molecule has 11 nitrogen and oxygen atoms in total. The Hall–Kier alpha value is -5.74. The smallest absolute Gasteiger partial charge is 0.434 e. The molecule has 59 heavy (non-hydrogen) atoms. The Morgan fingerprint density at radius 3 is 2.32 bits per heavy atom. The molecule has 4 saturated carbocycles. The Morgan fingerprint density at radius 1 is 0.847 bits per heavy atom. The van der Waals surface area contributed by atoms with Gasteiger partial charge in [-0.3, -0.25) is 9.78 Å². The van der Waals surface area contributed by atoms with Gasteiger partial charge in [0.15, 0.2) is 5.69 Å². The minimum Gasteiger partial charge on any atom is -0.490 e. The van der Waals surface area contributed by atoms with E-state index in [1.807, 2.05) is 4.90 Å². The zero-order valence-corrected chi connectivity index (χ0v) is 31.5.